The zero-order valence-corrected chi connectivity index (χ0v) is 13.8. The van der Waals surface area contributed by atoms with Gasteiger partial charge in [0.25, 0.3) is 0 Å². The Labute approximate surface area is 134 Å². The first-order chi connectivity index (χ1) is 9.67. The van der Waals surface area contributed by atoms with Gasteiger partial charge in [0.1, 0.15) is 0 Å². The SMILES string of the molecule is Nc1ccc(Cl)cc1SC1CCOC2(CCSCC2)C1. The van der Waals surface area contributed by atoms with E-state index in [0.29, 0.717) is 5.25 Å². The summed E-state index contributed by atoms with van der Waals surface area (Å²) < 4.78 is 6.14. The quantitative estimate of drug-likeness (QED) is 0.812. The first-order valence-corrected chi connectivity index (χ1v) is 9.52. The maximum absolute atomic E-state index is 6.14. The first kappa shape index (κ1) is 14.9. The maximum atomic E-state index is 6.14. The predicted octanol–water partition coefficient (Wildman–Crippen LogP) is 4.46. The van der Waals surface area contributed by atoms with Gasteiger partial charge in [0, 0.05) is 27.5 Å². The van der Waals surface area contributed by atoms with E-state index < -0.39 is 0 Å². The molecule has 2 saturated heterocycles. The molecule has 2 nitrogen and oxygen atoms in total. The standard InChI is InChI=1S/C15H20ClNOS2/c16-11-1-2-13(17)14(9-11)20-12-3-6-18-15(10-12)4-7-19-8-5-15/h1-2,9,12H,3-8,10,17H2. The van der Waals surface area contributed by atoms with E-state index >= 15 is 0 Å². The summed E-state index contributed by atoms with van der Waals surface area (Å²) in [5.41, 5.74) is 7.03. The second-order valence-electron chi connectivity index (χ2n) is 5.56. The molecule has 0 aliphatic carbocycles. The lowest BCUT2D eigenvalue weighted by Crippen LogP contribution is -2.43. The summed E-state index contributed by atoms with van der Waals surface area (Å²) in [5, 5.41) is 1.35. The summed E-state index contributed by atoms with van der Waals surface area (Å²) in [6.07, 6.45) is 4.63. The predicted molar refractivity (Wildman–Crippen MR) is 90.0 cm³/mol. The fourth-order valence-corrected chi connectivity index (χ4v) is 5.80. The molecule has 110 valence electrons. The molecule has 1 aromatic rings. The number of hydrogen-bond donors (Lipinski definition) is 1. The van der Waals surface area contributed by atoms with E-state index in [-0.39, 0.29) is 5.60 Å². The number of ether oxygens (including phenoxy) is 1. The van der Waals surface area contributed by atoms with Gasteiger partial charge in [0.05, 0.1) is 5.60 Å². The summed E-state index contributed by atoms with van der Waals surface area (Å²) in [7, 11) is 0. The van der Waals surface area contributed by atoms with E-state index in [4.69, 9.17) is 22.1 Å². The Bertz CT molecular complexity index is 471. The number of thioether (sulfide) groups is 2. The van der Waals surface area contributed by atoms with Crippen molar-refractivity contribution >= 4 is 40.8 Å². The summed E-state index contributed by atoms with van der Waals surface area (Å²) in [6, 6.07) is 5.74. The van der Waals surface area contributed by atoms with Crippen molar-refractivity contribution in [2.24, 2.45) is 0 Å². The Morgan fingerprint density at radius 3 is 2.95 bits per heavy atom. The Hall–Kier alpha value is -0.0300. The average Bonchev–Trinajstić information content (AvgIpc) is 2.44. The molecule has 0 bridgehead atoms. The third kappa shape index (κ3) is 3.41. The van der Waals surface area contributed by atoms with E-state index in [1.807, 2.05) is 41.7 Å². The lowest BCUT2D eigenvalue weighted by Gasteiger charge is -2.43. The molecule has 3 rings (SSSR count). The van der Waals surface area contributed by atoms with Crippen molar-refractivity contribution < 1.29 is 4.74 Å². The highest BCUT2D eigenvalue weighted by Gasteiger charge is 2.39. The van der Waals surface area contributed by atoms with Crippen LogP contribution >= 0.6 is 35.1 Å². The van der Waals surface area contributed by atoms with E-state index in [0.717, 1.165) is 35.1 Å². The van der Waals surface area contributed by atoms with Gasteiger partial charge in [0.2, 0.25) is 0 Å². The van der Waals surface area contributed by atoms with Crippen molar-refractivity contribution in [1.29, 1.82) is 0 Å². The third-order valence-electron chi connectivity index (χ3n) is 4.12. The van der Waals surface area contributed by atoms with Gasteiger partial charge in [-0.3, -0.25) is 0 Å². The molecule has 2 heterocycles. The molecule has 1 aromatic carbocycles. The smallest absolute Gasteiger partial charge is 0.0709 e. The molecule has 2 fully saturated rings. The summed E-state index contributed by atoms with van der Waals surface area (Å²) in [6.45, 7) is 0.878. The zero-order chi connectivity index (χ0) is 14.0. The average molecular weight is 330 g/mol. The second kappa shape index (κ2) is 6.39. The molecular formula is C15H20ClNOS2. The summed E-state index contributed by atoms with van der Waals surface area (Å²) in [5.74, 6) is 2.47. The number of halogens is 1. The number of nitrogens with two attached hydrogens (primary N) is 1. The normalized spacial score (nSPS) is 25.8. The van der Waals surface area contributed by atoms with Crippen molar-refractivity contribution in [3.8, 4) is 0 Å². The lowest BCUT2D eigenvalue weighted by molar-refractivity contribution is -0.0804. The minimum Gasteiger partial charge on any atom is -0.398 e. The molecule has 0 amide bonds. The van der Waals surface area contributed by atoms with Crippen molar-refractivity contribution in [3.05, 3.63) is 23.2 Å². The van der Waals surface area contributed by atoms with Crippen LogP contribution in [0.4, 0.5) is 5.69 Å². The molecule has 1 unspecified atom stereocenters. The molecular weight excluding hydrogens is 310 g/mol. The van der Waals surface area contributed by atoms with Gasteiger partial charge < -0.3 is 10.5 Å². The molecule has 1 atom stereocenters. The largest absolute Gasteiger partial charge is 0.398 e. The lowest BCUT2D eigenvalue weighted by atomic mass is 9.88. The highest BCUT2D eigenvalue weighted by Crippen LogP contribution is 2.43. The van der Waals surface area contributed by atoms with Gasteiger partial charge >= 0.3 is 0 Å². The van der Waals surface area contributed by atoms with Crippen LogP contribution in [0.3, 0.4) is 0 Å². The maximum Gasteiger partial charge on any atom is 0.0709 e. The van der Waals surface area contributed by atoms with Crippen LogP contribution in [-0.4, -0.2) is 29.0 Å². The number of hydrogen-bond acceptors (Lipinski definition) is 4. The first-order valence-electron chi connectivity index (χ1n) is 7.10. The van der Waals surface area contributed by atoms with E-state index in [1.165, 1.54) is 24.3 Å². The molecule has 0 aromatic heterocycles. The molecule has 5 heteroatoms. The molecule has 0 radical (unpaired) electrons. The van der Waals surface area contributed by atoms with Crippen LogP contribution in [0.2, 0.25) is 5.02 Å². The van der Waals surface area contributed by atoms with Gasteiger partial charge in [-0.15, -0.1) is 11.8 Å². The van der Waals surface area contributed by atoms with E-state index in [9.17, 15) is 0 Å². The summed E-state index contributed by atoms with van der Waals surface area (Å²) >= 11 is 10.0. The molecule has 2 N–H and O–H groups in total. The fraction of sp³-hybridized carbons (Fsp3) is 0.600. The number of anilines is 1. The Morgan fingerprint density at radius 1 is 1.35 bits per heavy atom. The monoisotopic (exact) mass is 329 g/mol. The van der Waals surface area contributed by atoms with Crippen LogP contribution in [0, 0.1) is 0 Å². The van der Waals surface area contributed by atoms with Gasteiger partial charge in [0.15, 0.2) is 0 Å². The summed E-state index contributed by atoms with van der Waals surface area (Å²) in [4.78, 5) is 1.12. The highest BCUT2D eigenvalue weighted by atomic mass is 35.5. The highest BCUT2D eigenvalue weighted by molar-refractivity contribution is 8.00. The Morgan fingerprint density at radius 2 is 2.15 bits per heavy atom. The molecule has 2 aliphatic heterocycles. The molecule has 20 heavy (non-hydrogen) atoms. The fourth-order valence-electron chi connectivity index (χ4n) is 2.97. The minimum atomic E-state index is 0.133. The molecule has 0 saturated carbocycles. The van der Waals surface area contributed by atoms with Crippen LogP contribution < -0.4 is 5.73 Å². The number of rotatable bonds is 2. The topological polar surface area (TPSA) is 35.2 Å². The van der Waals surface area contributed by atoms with Crippen LogP contribution in [0.1, 0.15) is 25.7 Å². The van der Waals surface area contributed by atoms with Gasteiger partial charge in [-0.05, 0) is 55.4 Å². The van der Waals surface area contributed by atoms with Crippen LogP contribution in [0.25, 0.3) is 0 Å². The van der Waals surface area contributed by atoms with E-state index in [1.54, 1.807) is 0 Å². The molecule has 2 aliphatic rings. The zero-order valence-electron chi connectivity index (χ0n) is 11.4. The van der Waals surface area contributed by atoms with Crippen molar-refractivity contribution in [2.45, 2.75) is 41.4 Å². The van der Waals surface area contributed by atoms with Gasteiger partial charge in [-0.2, -0.15) is 11.8 Å². The third-order valence-corrected chi connectivity index (χ3v) is 6.68. The van der Waals surface area contributed by atoms with E-state index in [2.05, 4.69) is 0 Å². The van der Waals surface area contributed by atoms with Crippen LogP contribution in [0.15, 0.2) is 23.1 Å². The van der Waals surface area contributed by atoms with Crippen molar-refractivity contribution in [2.75, 3.05) is 23.8 Å². The van der Waals surface area contributed by atoms with Crippen LogP contribution in [0.5, 0.6) is 0 Å². The number of nitrogen functional groups attached to an aromatic ring is 1. The molecule has 1 spiro atoms. The second-order valence-corrected chi connectivity index (χ2v) is 8.56. The van der Waals surface area contributed by atoms with Crippen molar-refractivity contribution in [3.63, 3.8) is 0 Å². The van der Waals surface area contributed by atoms with Gasteiger partial charge in [-0.1, -0.05) is 11.6 Å². The Balaban J connectivity index is 1.69. The van der Waals surface area contributed by atoms with Crippen molar-refractivity contribution in [1.82, 2.24) is 0 Å². The van der Waals surface area contributed by atoms with Crippen LogP contribution in [-0.2, 0) is 4.74 Å². The Kier molecular flexibility index (Phi) is 4.75. The minimum absolute atomic E-state index is 0.133. The number of benzene rings is 1. The van der Waals surface area contributed by atoms with Gasteiger partial charge in [-0.25, -0.2) is 0 Å².